The van der Waals surface area contributed by atoms with E-state index in [0.29, 0.717) is 45.6 Å². The molecule has 3 rings (SSSR count). The highest BCUT2D eigenvalue weighted by Crippen LogP contribution is 2.30. The molecule has 2 aromatic heterocycles. The summed E-state index contributed by atoms with van der Waals surface area (Å²) in [6.07, 6.45) is 2.54. The minimum Gasteiger partial charge on any atom is -0.342 e. The molecule has 0 radical (unpaired) electrons. The largest absolute Gasteiger partial charge is 0.342 e. The third-order valence-electron chi connectivity index (χ3n) is 5.69. The van der Waals surface area contributed by atoms with Gasteiger partial charge in [-0.2, -0.15) is 0 Å². The van der Waals surface area contributed by atoms with E-state index in [0.717, 1.165) is 19.5 Å². The van der Waals surface area contributed by atoms with Crippen LogP contribution in [0.15, 0.2) is 11.1 Å². The SMILES string of the molecule is CCN(CC)C(=O)Cn1cnc2sc(C(=O)N3CC(C)CC(C)C3)c(C)c2c1=O. The molecule has 158 valence electrons. The van der Waals surface area contributed by atoms with Crippen molar-refractivity contribution in [2.24, 2.45) is 11.8 Å². The molecular formula is C21H30N4O3S. The van der Waals surface area contributed by atoms with Crippen LogP contribution in [0.25, 0.3) is 10.2 Å². The first-order valence-corrected chi connectivity index (χ1v) is 11.1. The van der Waals surface area contributed by atoms with Crippen LogP contribution in [0.4, 0.5) is 0 Å². The van der Waals surface area contributed by atoms with Crippen molar-refractivity contribution in [3.63, 3.8) is 0 Å². The summed E-state index contributed by atoms with van der Waals surface area (Å²) < 4.78 is 1.35. The van der Waals surface area contributed by atoms with E-state index in [9.17, 15) is 14.4 Å². The van der Waals surface area contributed by atoms with E-state index < -0.39 is 0 Å². The average molecular weight is 419 g/mol. The highest BCUT2D eigenvalue weighted by Gasteiger charge is 2.29. The molecule has 2 aromatic rings. The van der Waals surface area contributed by atoms with Crippen molar-refractivity contribution in [3.05, 3.63) is 27.1 Å². The molecule has 1 fully saturated rings. The minimum atomic E-state index is -0.260. The van der Waals surface area contributed by atoms with Crippen LogP contribution in [0.1, 0.15) is 49.4 Å². The Morgan fingerprint density at radius 2 is 1.83 bits per heavy atom. The fraction of sp³-hybridized carbons (Fsp3) is 0.619. The van der Waals surface area contributed by atoms with Gasteiger partial charge in [0.1, 0.15) is 11.4 Å². The lowest BCUT2D eigenvalue weighted by molar-refractivity contribution is -0.131. The van der Waals surface area contributed by atoms with Crippen LogP contribution in [-0.4, -0.2) is 57.3 Å². The number of hydrogen-bond acceptors (Lipinski definition) is 5. The Hall–Kier alpha value is -2.22. The Balaban J connectivity index is 1.93. The summed E-state index contributed by atoms with van der Waals surface area (Å²) in [4.78, 5) is 47.7. The summed E-state index contributed by atoms with van der Waals surface area (Å²) in [5.74, 6) is 0.811. The fourth-order valence-electron chi connectivity index (χ4n) is 4.27. The molecule has 0 spiro atoms. The zero-order valence-electron chi connectivity index (χ0n) is 17.9. The van der Waals surface area contributed by atoms with Crippen molar-refractivity contribution in [3.8, 4) is 0 Å². The highest BCUT2D eigenvalue weighted by atomic mass is 32.1. The molecule has 2 unspecified atom stereocenters. The van der Waals surface area contributed by atoms with Crippen molar-refractivity contribution in [2.75, 3.05) is 26.2 Å². The predicted molar refractivity (Wildman–Crippen MR) is 115 cm³/mol. The molecule has 1 aliphatic heterocycles. The van der Waals surface area contributed by atoms with Gasteiger partial charge in [-0.1, -0.05) is 13.8 Å². The number of rotatable bonds is 5. The van der Waals surface area contributed by atoms with Gasteiger partial charge < -0.3 is 9.80 Å². The Morgan fingerprint density at radius 1 is 1.21 bits per heavy atom. The van der Waals surface area contributed by atoms with Crippen LogP contribution in [0.2, 0.25) is 0 Å². The van der Waals surface area contributed by atoms with E-state index in [-0.39, 0.29) is 23.9 Å². The molecule has 0 aliphatic carbocycles. The van der Waals surface area contributed by atoms with Crippen molar-refractivity contribution < 1.29 is 9.59 Å². The third-order valence-corrected chi connectivity index (χ3v) is 6.88. The summed E-state index contributed by atoms with van der Waals surface area (Å²) in [5.41, 5.74) is 0.409. The zero-order chi connectivity index (χ0) is 21.3. The first-order chi connectivity index (χ1) is 13.8. The molecule has 0 saturated carbocycles. The van der Waals surface area contributed by atoms with Gasteiger partial charge in [0.25, 0.3) is 11.5 Å². The van der Waals surface area contributed by atoms with E-state index in [1.54, 1.807) is 4.90 Å². The number of aryl methyl sites for hydroxylation is 1. The maximum atomic E-state index is 13.2. The Kier molecular flexibility index (Phi) is 6.41. The molecule has 0 bridgehead atoms. The maximum Gasteiger partial charge on any atom is 0.264 e. The number of hydrogen-bond donors (Lipinski definition) is 0. The fourth-order valence-corrected chi connectivity index (χ4v) is 5.38. The second-order valence-corrected chi connectivity index (χ2v) is 9.14. The number of amides is 2. The van der Waals surface area contributed by atoms with Crippen molar-refractivity contribution in [1.29, 1.82) is 0 Å². The summed E-state index contributed by atoms with van der Waals surface area (Å²) in [6.45, 7) is 12.6. The first kappa shape index (κ1) is 21.5. The monoisotopic (exact) mass is 418 g/mol. The number of aromatic nitrogens is 2. The number of likely N-dealkylation sites (N-methyl/N-ethyl adjacent to an activating group) is 1. The van der Waals surface area contributed by atoms with Crippen LogP contribution >= 0.6 is 11.3 Å². The van der Waals surface area contributed by atoms with Gasteiger partial charge in [0.2, 0.25) is 5.91 Å². The number of likely N-dealkylation sites (tertiary alicyclic amines) is 1. The second kappa shape index (κ2) is 8.65. The first-order valence-electron chi connectivity index (χ1n) is 10.3. The van der Waals surface area contributed by atoms with E-state index in [4.69, 9.17) is 0 Å². The molecule has 29 heavy (non-hydrogen) atoms. The molecule has 3 heterocycles. The quantitative estimate of drug-likeness (QED) is 0.748. The number of carbonyl (C=O) groups is 2. The predicted octanol–water partition coefficient (Wildman–Crippen LogP) is 2.75. The smallest absolute Gasteiger partial charge is 0.264 e. The van der Waals surface area contributed by atoms with Crippen LogP contribution in [0, 0.1) is 18.8 Å². The van der Waals surface area contributed by atoms with Gasteiger partial charge in [0.15, 0.2) is 0 Å². The number of thiophene rings is 1. The summed E-state index contributed by atoms with van der Waals surface area (Å²) >= 11 is 1.27. The van der Waals surface area contributed by atoms with Gasteiger partial charge in [0, 0.05) is 26.2 Å². The number of piperidine rings is 1. The van der Waals surface area contributed by atoms with Crippen LogP contribution < -0.4 is 5.56 Å². The van der Waals surface area contributed by atoms with Gasteiger partial charge in [-0.05, 0) is 44.6 Å². The zero-order valence-corrected chi connectivity index (χ0v) is 18.7. The van der Waals surface area contributed by atoms with Crippen LogP contribution in [0.5, 0.6) is 0 Å². The van der Waals surface area contributed by atoms with E-state index in [2.05, 4.69) is 18.8 Å². The van der Waals surface area contributed by atoms with Crippen LogP contribution in [-0.2, 0) is 11.3 Å². The number of carbonyl (C=O) groups excluding carboxylic acids is 2. The second-order valence-electron chi connectivity index (χ2n) is 8.14. The molecule has 1 saturated heterocycles. The maximum absolute atomic E-state index is 13.2. The Labute approximate surface area is 175 Å². The highest BCUT2D eigenvalue weighted by molar-refractivity contribution is 7.20. The standard InChI is InChI=1S/C21H30N4O3S/c1-6-23(7-2)16(26)11-25-12-22-19-17(20(25)27)15(5)18(29-19)21(28)24-9-13(3)8-14(4)10-24/h12-14H,6-11H2,1-5H3. The van der Waals surface area contributed by atoms with Crippen molar-refractivity contribution >= 4 is 33.4 Å². The molecule has 0 aromatic carbocycles. The van der Waals surface area contributed by atoms with Crippen molar-refractivity contribution in [1.82, 2.24) is 19.4 Å². The number of nitrogens with zero attached hydrogens (tertiary/aromatic N) is 4. The van der Waals surface area contributed by atoms with E-state index in [1.165, 1.54) is 22.2 Å². The van der Waals surface area contributed by atoms with E-state index in [1.807, 2.05) is 25.7 Å². The van der Waals surface area contributed by atoms with Gasteiger partial charge in [0.05, 0.1) is 16.6 Å². The lowest BCUT2D eigenvalue weighted by Crippen LogP contribution is -2.42. The van der Waals surface area contributed by atoms with Crippen LogP contribution in [0.3, 0.4) is 0 Å². The van der Waals surface area contributed by atoms with E-state index >= 15 is 0 Å². The third kappa shape index (κ3) is 4.22. The van der Waals surface area contributed by atoms with Gasteiger partial charge in [-0.3, -0.25) is 19.0 Å². The Morgan fingerprint density at radius 3 is 2.41 bits per heavy atom. The summed E-state index contributed by atoms with van der Waals surface area (Å²) in [5, 5.41) is 0.450. The normalized spacial score (nSPS) is 19.6. The molecule has 2 atom stereocenters. The average Bonchev–Trinajstić information content (AvgIpc) is 3.01. The van der Waals surface area contributed by atoms with Gasteiger partial charge in [-0.15, -0.1) is 11.3 Å². The lowest BCUT2D eigenvalue weighted by Gasteiger charge is -2.34. The summed E-state index contributed by atoms with van der Waals surface area (Å²) in [6, 6.07) is 0. The molecular weight excluding hydrogens is 388 g/mol. The van der Waals surface area contributed by atoms with Gasteiger partial charge in [-0.25, -0.2) is 4.98 Å². The Bertz CT molecular complexity index is 966. The molecule has 2 amide bonds. The molecule has 8 heteroatoms. The van der Waals surface area contributed by atoms with Gasteiger partial charge >= 0.3 is 0 Å². The molecule has 0 N–H and O–H groups in total. The number of fused-ring (bicyclic) bond motifs is 1. The summed E-state index contributed by atoms with van der Waals surface area (Å²) in [7, 11) is 0. The van der Waals surface area contributed by atoms with Crippen molar-refractivity contribution in [2.45, 2.75) is 47.6 Å². The topological polar surface area (TPSA) is 75.5 Å². The molecule has 1 aliphatic rings. The lowest BCUT2D eigenvalue weighted by atomic mass is 9.92. The minimum absolute atomic E-state index is 0.0194. The molecule has 7 nitrogen and oxygen atoms in total.